The molecular formula is C16H11ClN4O5S2. The lowest BCUT2D eigenvalue weighted by molar-refractivity contribution is -0.385. The predicted octanol–water partition coefficient (Wildman–Crippen LogP) is 3.76. The smallest absolute Gasteiger partial charge is 0.271 e. The average Bonchev–Trinajstić information content (AvgIpc) is 3.14. The van der Waals surface area contributed by atoms with Crippen LogP contribution >= 0.6 is 22.9 Å². The monoisotopic (exact) mass is 438 g/mol. The molecule has 0 bridgehead atoms. The van der Waals surface area contributed by atoms with Crippen LogP contribution in [-0.2, 0) is 10.0 Å². The minimum Gasteiger partial charge on any atom is -0.298 e. The Morgan fingerprint density at radius 2 is 2.00 bits per heavy atom. The minimum atomic E-state index is -4.21. The molecule has 3 rings (SSSR count). The Labute approximate surface area is 168 Å². The second-order valence-electron chi connectivity index (χ2n) is 5.38. The van der Waals surface area contributed by atoms with Crippen LogP contribution in [0.1, 0.15) is 10.4 Å². The van der Waals surface area contributed by atoms with Gasteiger partial charge in [0.2, 0.25) is 0 Å². The number of amides is 1. The molecule has 0 unspecified atom stereocenters. The van der Waals surface area contributed by atoms with Crippen molar-refractivity contribution in [2.45, 2.75) is 4.90 Å². The molecule has 2 aromatic carbocycles. The van der Waals surface area contributed by atoms with Gasteiger partial charge in [-0.15, -0.1) is 11.3 Å². The van der Waals surface area contributed by atoms with Crippen LogP contribution in [0.5, 0.6) is 0 Å². The third-order valence-electron chi connectivity index (χ3n) is 3.40. The van der Waals surface area contributed by atoms with E-state index < -0.39 is 31.4 Å². The molecule has 0 spiro atoms. The van der Waals surface area contributed by atoms with E-state index in [4.69, 9.17) is 11.6 Å². The Kier molecular flexibility index (Phi) is 5.58. The number of benzene rings is 2. The largest absolute Gasteiger partial charge is 0.298 e. The Bertz CT molecular complexity index is 1150. The number of anilines is 2. The van der Waals surface area contributed by atoms with Crippen LogP contribution in [0.25, 0.3) is 0 Å². The van der Waals surface area contributed by atoms with E-state index in [0.29, 0.717) is 5.02 Å². The number of nitro benzene ring substituents is 1. The molecule has 0 saturated carbocycles. The number of carbonyl (C=O) groups excluding carboxylic acids is 1. The van der Waals surface area contributed by atoms with Gasteiger partial charge in [0, 0.05) is 34.3 Å². The van der Waals surface area contributed by atoms with Gasteiger partial charge in [0.25, 0.3) is 21.6 Å². The van der Waals surface area contributed by atoms with E-state index in [2.05, 4.69) is 15.0 Å². The molecular weight excluding hydrogens is 428 g/mol. The summed E-state index contributed by atoms with van der Waals surface area (Å²) in [6.07, 6.45) is 1.47. The fourth-order valence-corrected chi connectivity index (χ4v) is 4.02. The fourth-order valence-electron chi connectivity index (χ4n) is 2.20. The van der Waals surface area contributed by atoms with Gasteiger partial charge < -0.3 is 0 Å². The second kappa shape index (κ2) is 7.92. The highest BCUT2D eigenvalue weighted by Gasteiger charge is 2.22. The molecule has 0 aliphatic carbocycles. The maximum atomic E-state index is 12.7. The predicted molar refractivity (Wildman–Crippen MR) is 105 cm³/mol. The zero-order valence-corrected chi connectivity index (χ0v) is 16.2. The van der Waals surface area contributed by atoms with Crippen molar-refractivity contribution < 1.29 is 18.1 Å². The molecule has 1 heterocycles. The first-order valence-electron chi connectivity index (χ1n) is 7.53. The molecule has 3 aromatic rings. The lowest BCUT2D eigenvalue weighted by Crippen LogP contribution is -2.16. The number of nitrogens with one attached hydrogen (secondary N) is 2. The molecule has 0 fully saturated rings. The molecule has 0 saturated heterocycles. The summed E-state index contributed by atoms with van der Waals surface area (Å²) >= 11 is 6.99. The summed E-state index contributed by atoms with van der Waals surface area (Å²) in [5.74, 6) is -0.724. The quantitative estimate of drug-likeness (QED) is 0.445. The summed E-state index contributed by atoms with van der Waals surface area (Å²) in [7, 11) is -4.21. The molecule has 0 radical (unpaired) electrons. The van der Waals surface area contributed by atoms with Crippen LogP contribution in [0.2, 0.25) is 5.02 Å². The maximum absolute atomic E-state index is 12.7. The highest BCUT2D eigenvalue weighted by atomic mass is 35.5. The van der Waals surface area contributed by atoms with Crippen LogP contribution < -0.4 is 10.0 Å². The van der Waals surface area contributed by atoms with Crippen LogP contribution in [0.15, 0.2) is 58.9 Å². The molecule has 28 heavy (non-hydrogen) atoms. The molecule has 0 aliphatic rings. The van der Waals surface area contributed by atoms with Gasteiger partial charge in [-0.2, -0.15) is 0 Å². The Morgan fingerprint density at radius 1 is 1.21 bits per heavy atom. The van der Waals surface area contributed by atoms with Crippen molar-refractivity contribution in [3.05, 3.63) is 74.7 Å². The van der Waals surface area contributed by atoms with Crippen LogP contribution in [0.4, 0.5) is 16.5 Å². The lowest BCUT2D eigenvalue weighted by Gasteiger charge is -2.10. The molecule has 2 N–H and O–H groups in total. The Balaban J connectivity index is 1.98. The number of non-ortho nitro benzene ring substituents is 1. The standard InChI is InChI=1S/C16H11ClN4O5S2/c17-11-2-1-3-12(8-11)20-28(25,26)14-7-10(6-13(9-14)21(23)24)15(22)19-16-18-4-5-27-16/h1-9,20H,(H,18,19,22). The van der Waals surface area contributed by atoms with E-state index >= 15 is 0 Å². The van der Waals surface area contributed by atoms with Gasteiger partial charge in [-0.05, 0) is 24.3 Å². The van der Waals surface area contributed by atoms with Gasteiger partial charge in [0.1, 0.15) is 0 Å². The van der Waals surface area contributed by atoms with Gasteiger partial charge in [0.05, 0.1) is 15.5 Å². The number of nitrogens with zero attached hydrogens (tertiary/aromatic N) is 2. The summed E-state index contributed by atoms with van der Waals surface area (Å²) in [4.78, 5) is 26.2. The Morgan fingerprint density at radius 3 is 2.64 bits per heavy atom. The van der Waals surface area contributed by atoms with Crippen molar-refractivity contribution >= 4 is 55.4 Å². The van der Waals surface area contributed by atoms with Crippen molar-refractivity contribution in [3.63, 3.8) is 0 Å². The molecule has 0 aliphatic heterocycles. The lowest BCUT2D eigenvalue weighted by atomic mass is 10.2. The topological polar surface area (TPSA) is 131 Å². The summed E-state index contributed by atoms with van der Waals surface area (Å²) in [5, 5.41) is 15.9. The average molecular weight is 439 g/mol. The first kappa shape index (κ1) is 19.7. The number of hydrogen-bond acceptors (Lipinski definition) is 7. The normalized spacial score (nSPS) is 11.0. The van der Waals surface area contributed by atoms with Crippen LogP contribution in [-0.4, -0.2) is 24.2 Å². The van der Waals surface area contributed by atoms with Crippen molar-refractivity contribution in [2.75, 3.05) is 10.0 Å². The van der Waals surface area contributed by atoms with Gasteiger partial charge >= 0.3 is 0 Å². The van der Waals surface area contributed by atoms with Crippen LogP contribution in [0, 0.1) is 10.1 Å². The van der Waals surface area contributed by atoms with E-state index in [1.165, 1.54) is 18.3 Å². The number of sulfonamides is 1. The highest BCUT2D eigenvalue weighted by molar-refractivity contribution is 7.92. The zero-order valence-electron chi connectivity index (χ0n) is 13.8. The number of hydrogen-bond donors (Lipinski definition) is 2. The minimum absolute atomic E-state index is 0.174. The summed E-state index contributed by atoms with van der Waals surface area (Å²) in [5.41, 5.74) is -0.568. The van der Waals surface area contributed by atoms with E-state index in [1.54, 1.807) is 17.5 Å². The number of halogens is 1. The fraction of sp³-hybridized carbons (Fsp3) is 0. The second-order valence-corrected chi connectivity index (χ2v) is 8.39. The van der Waals surface area contributed by atoms with Crippen molar-refractivity contribution in [1.29, 1.82) is 0 Å². The Hall–Kier alpha value is -3.02. The first-order valence-corrected chi connectivity index (χ1v) is 10.3. The van der Waals surface area contributed by atoms with Gasteiger partial charge in [0.15, 0.2) is 5.13 Å². The van der Waals surface area contributed by atoms with Gasteiger partial charge in [-0.1, -0.05) is 17.7 Å². The molecule has 1 amide bonds. The van der Waals surface area contributed by atoms with Crippen molar-refractivity contribution in [1.82, 2.24) is 4.98 Å². The third kappa shape index (κ3) is 4.63. The van der Waals surface area contributed by atoms with E-state index in [9.17, 15) is 23.3 Å². The van der Waals surface area contributed by atoms with E-state index in [0.717, 1.165) is 29.5 Å². The molecule has 144 valence electrons. The van der Waals surface area contributed by atoms with Gasteiger partial charge in [-0.25, -0.2) is 13.4 Å². The van der Waals surface area contributed by atoms with Gasteiger partial charge in [-0.3, -0.25) is 24.9 Å². The zero-order chi connectivity index (χ0) is 20.3. The molecule has 12 heteroatoms. The van der Waals surface area contributed by atoms with E-state index in [-0.39, 0.29) is 16.4 Å². The van der Waals surface area contributed by atoms with Crippen molar-refractivity contribution in [3.8, 4) is 0 Å². The first-order chi connectivity index (χ1) is 13.2. The molecule has 1 aromatic heterocycles. The summed E-state index contributed by atoms with van der Waals surface area (Å²) < 4.78 is 27.6. The highest BCUT2D eigenvalue weighted by Crippen LogP contribution is 2.25. The number of carbonyl (C=O) groups is 1. The maximum Gasteiger partial charge on any atom is 0.271 e. The number of thiazole rings is 1. The SMILES string of the molecule is O=C(Nc1nccs1)c1cc([N+](=O)[O-])cc(S(=O)(=O)Nc2cccc(Cl)c2)c1. The number of rotatable bonds is 6. The van der Waals surface area contributed by atoms with Crippen LogP contribution in [0.3, 0.4) is 0 Å². The number of aromatic nitrogens is 1. The number of nitro groups is 1. The molecule has 9 nitrogen and oxygen atoms in total. The summed E-state index contributed by atoms with van der Waals surface area (Å²) in [6.45, 7) is 0. The van der Waals surface area contributed by atoms with Crippen molar-refractivity contribution in [2.24, 2.45) is 0 Å². The van der Waals surface area contributed by atoms with E-state index in [1.807, 2.05) is 0 Å². The third-order valence-corrected chi connectivity index (χ3v) is 5.69. The molecule has 0 atom stereocenters. The summed E-state index contributed by atoms with van der Waals surface area (Å²) in [6, 6.07) is 8.86.